The van der Waals surface area contributed by atoms with Gasteiger partial charge in [0, 0.05) is 13.0 Å². The number of hydrogen-bond acceptors (Lipinski definition) is 3. The third-order valence-corrected chi connectivity index (χ3v) is 7.77. The molecule has 1 N–H and O–H groups in total. The number of aliphatic carboxylic acids is 1. The molecule has 0 spiro atoms. The first-order chi connectivity index (χ1) is 20.8. The van der Waals surface area contributed by atoms with Gasteiger partial charge >= 0.3 is 5.97 Å². The first-order valence-corrected chi connectivity index (χ1v) is 15.4. The summed E-state index contributed by atoms with van der Waals surface area (Å²) in [6.45, 7) is 16.0. The molecule has 4 heteroatoms. The molecule has 0 aliphatic rings. The van der Waals surface area contributed by atoms with Gasteiger partial charge in [-0.3, -0.25) is 0 Å². The summed E-state index contributed by atoms with van der Waals surface area (Å²) in [7, 11) is 0. The number of carboxylic acids is 1. The van der Waals surface area contributed by atoms with Crippen molar-refractivity contribution in [3.05, 3.63) is 119 Å². The van der Waals surface area contributed by atoms with E-state index in [0.29, 0.717) is 19.6 Å². The average molecular weight is 591 g/mol. The minimum absolute atomic E-state index is 0.105. The lowest BCUT2D eigenvalue weighted by Gasteiger charge is -2.20. The van der Waals surface area contributed by atoms with E-state index >= 15 is 0 Å². The predicted octanol–water partition coefficient (Wildman–Crippen LogP) is 9.74. The molecule has 0 heterocycles. The van der Waals surface area contributed by atoms with Crippen molar-refractivity contribution in [3.63, 3.8) is 0 Å². The molecular weight excluding hydrogens is 544 g/mol. The second kappa shape index (κ2) is 14.1. The molecule has 0 aliphatic carbocycles. The number of benzene rings is 4. The van der Waals surface area contributed by atoms with Gasteiger partial charge in [-0.15, -0.1) is 0 Å². The van der Waals surface area contributed by atoms with Crippen molar-refractivity contribution in [2.24, 2.45) is 0 Å². The Balaban J connectivity index is 1.53. The minimum Gasteiger partial charge on any atom is -0.490 e. The quantitative estimate of drug-likeness (QED) is 0.189. The van der Waals surface area contributed by atoms with E-state index in [4.69, 9.17) is 9.47 Å². The zero-order valence-corrected chi connectivity index (χ0v) is 27.2. The van der Waals surface area contributed by atoms with E-state index in [1.54, 1.807) is 6.92 Å². The molecule has 1 atom stereocenters. The van der Waals surface area contributed by atoms with Gasteiger partial charge in [-0.2, -0.15) is 0 Å². The molecule has 0 aromatic heterocycles. The molecule has 0 aliphatic heterocycles. The van der Waals surface area contributed by atoms with E-state index in [-0.39, 0.29) is 10.8 Å². The third kappa shape index (κ3) is 8.93. The zero-order valence-electron chi connectivity index (χ0n) is 27.2. The van der Waals surface area contributed by atoms with Crippen LogP contribution in [0.15, 0.2) is 97.1 Å². The average Bonchev–Trinajstić information content (AvgIpc) is 2.99. The molecule has 0 amide bonds. The standard InChI is InChI=1S/C40H46O4/c1-8-43-37(38(41)42)26-28-11-21-36(22-12-28)44-23-9-10-29-24-32(30-13-17-34(18-14-30)39(2,3)4)27-33(25-29)31-15-19-35(20-16-31)40(5,6)7/h9-22,24-25,27,37H,8,23,26H2,1-7H3,(H,41,42)/b10-9+/t37-/m0/s1. The molecule has 4 aromatic carbocycles. The number of rotatable bonds is 11. The summed E-state index contributed by atoms with van der Waals surface area (Å²) in [6, 6.07) is 32.0. The van der Waals surface area contributed by atoms with Crippen LogP contribution in [0.4, 0.5) is 0 Å². The van der Waals surface area contributed by atoms with Crippen molar-refractivity contribution in [2.75, 3.05) is 13.2 Å². The highest BCUT2D eigenvalue weighted by Gasteiger charge is 2.18. The van der Waals surface area contributed by atoms with E-state index in [1.165, 1.54) is 33.4 Å². The van der Waals surface area contributed by atoms with Crippen LogP contribution in [-0.4, -0.2) is 30.4 Å². The summed E-state index contributed by atoms with van der Waals surface area (Å²) in [6.07, 6.45) is 3.61. The van der Waals surface area contributed by atoms with Crippen molar-refractivity contribution in [1.29, 1.82) is 0 Å². The molecule has 4 nitrogen and oxygen atoms in total. The SMILES string of the molecule is CCO[C@@H](Cc1ccc(OC/C=C/c2cc(-c3ccc(C(C)(C)C)cc3)cc(-c3ccc(C(C)(C)C)cc3)c2)cc1)C(=O)O. The van der Waals surface area contributed by atoms with E-state index in [0.717, 1.165) is 16.9 Å². The summed E-state index contributed by atoms with van der Waals surface area (Å²) in [5, 5.41) is 9.34. The van der Waals surface area contributed by atoms with Gasteiger partial charge in [0.15, 0.2) is 6.10 Å². The molecule has 4 aromatic rings. The van der Waals surface area contributed by atoms with Crippen LogP contribution in [0.25, 0.3) is 28.3 Å². The molecule has 0 saturated heterocycles. The number of ether oxygens (including phenoxy) is 2. The van der Waals surface area contributed by atoms with Crippen LogP contribution in [0, 0.1) is 0 Å². The summed E-state index contributed by atoms with van der Waals surface area (Å²) in [4.78, 5) is 11.4. The van der Waals surface area contributed by atoms with Gasteiger partial charge in [0.25, 0.3) is 0 Å². The Morgan fingerprint density at radius 1 is 0.727 bits per heavy atom. The maximum Gasteiger partial charge on any atom is 0.333 e. The van der Waals surface area contributed by atoms with E-state index in [2.05, 4.69) is 114 Å². The summed E-state index contributed by atoms with van der Waals surface area (Å²) < 4.78 is 11.3. The van der Waals surface area contributed by atoms with Crippen molar-refractivity contribution in [2.45, 2.75) is 71.8 Å². The van der Waals surface area contributed by atoms with Gasteiger partial charge in [0.05, 0.1) is 0 Å². The normalized spacial score (nSPS) is 12.8. The van der Waals surface area contributed by atoms with Crippen LogP contribution in [0.2, 0.25) is 0 Å². The Morgan fingerprint density at radius 3 is 1.66 bits per heavy atom. The minimum atomic E-state index is -0.951. The lowest BCUT2D eigenvalue weighted by atomic mass is 9.85. The first-order valence-electron chi connectivity index (χ1n) is 15.4. The Bertz CT molecular complexity index is 1470. The van der Waals surface area contributed by atoms with Crippen molar-refractivity contribution in [3.8, 4) is 28.0 Å². The second-order valence-electron chi connectivity index (χ2n) is 13.3. The Kier molecular flexibility index (Phi) is 10.5. The molecule has 4 rings (SSSR count). The largest absolute Gasteiger partial charge is 0.490 e. The van der Waals surface area contributed by atoms with Gasteiger partial charge in [0.2, 0.25) is 0 Å². The maximum absolute atomic E-state index is 11.4. The van der Waals surface area contributed by atoms with Crippen LogP contribution >= 0.6 is 0 Å². The van der Waals surface area contributed by atoms with Crippen LogP contribution in [0.1, 0.15) is 70.7 Å². The van der Waals surface area contributed by atoms with Crippen LogP contribution in [0.5, 0.6) is 5.75 Å². The van der Waals surface area contributed by atoms with Gasteiger partial charge in [-0.1, -0.05) is 108 Å². The van der Waals surface area contributed by atoms with Crippen LogP contribution in [0.3, 0.4) is 0 Å². The lowest BCUT2D eigenvalue weighted by Crippen LogP contribution is -2.26. The maximum atomic E-state index is 11.4. The molecule has 0 radical (unpaired) electrons. The highest BCUT2D eigenvalue weighted by atomic mass is 16.5. The highest BCUT2D eigenvalue weighted by molar-refractivity contribution is 5.77. The smallest absolute Gasteiger partial charge is 0.333 e. The van der Waals surface area contributed by atoms with Gasteiger partial charge < -0.3 is 14.6 Å². The van der Waals surface area contributed by atoms with Crippen molar-refractivity contribution in [1.82, 2.24) is 0 Å². The Hall–Kier alpha value is -4.15. The summed E-state index contributed by atoms with van der Waals surface area (Å²) in [5.41, 5.74) is 9.56. The predicted molar refractivity (Wildman–Crippen MR) is 182 cm³/mol. The topological polar surface area (TPSA) is 55.8 Å². The summed E-state index contributed by atoms with van der Waals surface area (Å²) >= 11 is 0. The Morgan fingerprint density at radius 2 is 1.23 bits per heavy atom. The van der Waals surface area contributed by atoms with Gasteiger partial charge in [0.1, 0.15) is 12.4 Å². The monoisotopic (exact) mass is 590 g/mol. The van der Waals surface area contributed by atoms with Crippen LogP contribution in [-0.2, 0) is 26.8 Å². The fourth-order valence-corrected chi connectivity index (χ4v) is 5.09. The van der Waals surface area contributed by atoms with E-state index < -0.39 is 12.1 Å². The fourth-order valence-electron chi connectivity index (χ4n) is 5.09. The molecule has 0 bridgehead atoms. The van der Waals surface area contributed by atoms with Crippen LogP contribution < -0.4 is 4.74 Å². The third-order valence-electron chi connectivity index (χ3n) is 7.77. The number of hydrogen-bond donors (Lipinski definition) is 1. The van der Waals surface area contributed by atoms with Gasteiger partial charge in [-0.05, 0) is 98.7 Å². The molecule has 0 saturated carbocycles. The van der Waals surface area contributed by atoms with E-state index in [9.17, 15) is 9.90 Å². The number of carbonyl (C=O) groups is 1. The van der Waals surface area contributed by atoms with Crippen molar-refractivity contribution < 1.29 is 19.4 Å². The molecule has 0 fully saturated rings. The molecule has 44 heavy (non-hydrogen) atoms. The Labute approximate surface area is 263 Å². The van der Waals surface area contributed by atoms with Crippen molar-refractivity contribution >= 4 is 12.0 Å². The molecule has 230 valence electrons. The first kappa shape index (κ1) is 32.8. The fraction of sp³-hybridized carbons (Fsp3) is 0.325. The van der Waals surface area contributed by atoms with E-state index in [1.807, 2.05) is 30.3 Å². The number of carboxylic acid groups (broad SMARTS) is 1. The second-order valence-corrected chi connectivity index (χ2v) is 13.3. The zero-order chi connectivity index (χ0) is 31.9. The molecule has 0 unspecified atom stereocenters. The lowest BCUT2D eigenvalue weighted by molar-refractivity contribution is -0.149. The summed E-state index contributed by atoms with van der Waals surface area (Å²) in [5.74, 6) is -0.220. The van der Waals surface area contributed by atoms with Gasteiger partial charge in [-0.25, -0.2) is 4.79 Å². The molecular formula is C40H46O4. The highest BCUT2D eigenvalue weighted by Crippen LogP contribution is 2.32.